The number of hydrogen-bond donors (Lipinski definition) is 1. The number of amides is 2. The fourth-order valence-corrected chi connectivity index (χ4v) is 2.50. The number of ketones is 1. The van der Waals surface area contributed by atoms with Crippen molar-refractivity contribution >= 4 is 27.7 Å². The first-order valence-corrected chi connectivity index (χ1v) is 6.80. The van der Waals surface area contributed by atoms with E-state index in [1.54, 1.807) is 0 Å². The molecule has 1 unspecified atom stereocenters. The highest BCUT2D eigenvalue weighted by Gasteiger charge is 2.32. The van der Waals surface area contributed by atoms with Gasteiger partial charge >= 0.3 is 0 Å². The first-order valence-electron chi connectivity index (χ1n) is 5.30. The highest BCUT2D eigenvalue weighted by molar-refractivity contribution is 7.87. The van der Waals surface area contributed by atoms with Crippen molar-refractivity contribution in [3.8, 4) is 0 Å². The van der Waals surface area contributed by atoms with E-state index in [-0.39, 0.29) is 19.4 Å². The van der Waals surface area contributed by atoms with Gasteiger partial charge in [-0.2, -0.15) is 8.42 Å². The molecule has 1 heterocycles. The molecule has 18 heavy (non-hydrogen) atoms. The Bertz CT molecular complexity index is 488. The summed E-state index contributed by atoms with van der Waals surface area (Å²) in [4.78, 5) is 34.6. The number of hydrogen-bond acceptors (Lipinski definition) is 5. The molecule has 1 aliphatic rings. The number of carbonyl (C=O) groups is 3. The molecule has 1 aliphatic heterocycles. The lowest BCUT2D eigenvalue weighted by molar-refractivity contribution is -0.137. The Morgan fingerprint density at radius 3 is 2.22 bits per heavy atom. The van der Waals surface area contributed by atoms with Crippen LogP contribution in [0.4, 0.5) is 0 Å². The van der Waals surface area contributed by atoms with Gasteiger partial charge in [0.1, 0.15) is 5.25 Å². The lowest BCUT2D eigenvalue weighted by Gasteiger charge is -2.17. The largest absolute Gasteiger partial charge is 0.298 e. The maximum absolute atomic E-state index is 11.4. The Labute approximate surface area is 104 Å². The molecule has 0 aromatic rings. The van der Waals surface area contributed by atoms with Crippen LogP contribution in [0.25, 0.3) is 0 Å². The summed E-state index contributed by atoms with van der Waals surface area (Å²) >= 11 is 0. The van der Waals surface area contributed by atoms with Crippen molar-refractivity contribution < 1.29 is 27.4 Å². The Balaban J connectivity index is 2.73. The quantitative estimate of drug-likeness (QED) is 0.519. The maximum atomic E-state index is 11.4. The van der Waals surface area contributed by atoms with Gasteiger partial charge in [0.2, 0.25) is 0 Å². The van der Waals surface area contributed by atoms with Crippen LogP contribution in [0.3, 0.4) is 0 Å². The molecule has 0 fully saturated rings. The number of nitrogens with zero attached hydrogens (tertiary/aromatic N) is 1. The Morgan fingerprint density at radius 2 is 1.83 bits per heavy atom. The van der Waals surface area contributed by atoms with Crippen LogP contribution >= 0.6 is 0 Å². The highest BCUT2D eigenvalue weighted by Crippen LogP contribution is 2.12. The molecule has 0 bridgehead atoms. The van der Waals surface area contributed by atoms with Gasteiger partial charge in [0.25, 0.3) is 21.9 Å². The molecule has 1 atom stereocenters. The van der Waals surface area contributed by atoms with E-state index in [2.05, 4.69) is 0 Å². The Hall–Kier alpha value is -1.54. The summed E-state index contributed by atoms with van der Waals surface area (Å²) in [5.74, 6) is -1.76. The second-order valence-electron chi connectivity index (χ2n) is 3.77. The molecule has 0 saturated heterocycles. The summed E-state index contributed by atoms with van der Waals surface area (Å²) in [5, 5.41) is -1.59. The molecule has 0 saturated carbocycles. The van der Waals surface area contributed by atoms with Crippen LogP contribution in [0.5, 0.6) is 0 Å². The summed E-state index contributed by atoms with van der Waals surface area (Å²) in [6, 6.07) is 0. The van der Waals surface area contributed by atoms with Crippen LogP contribution in [0.2, 0.25) is 0 Å². The Kier molecular flexibility index (Phi) is 4.36. The van der Waals surface area contributed by atoms with E-state index in [0.717, 1.165) is 17.1 Å². The fourth-order valence-electron chi connectivity index (χ4n) is 1.60. The van der Waals surface area contributed by atoms with Crippen LogP contribution < -0.4 is 0 Å². The molecule has 0 aliphatic carbocycles. The number of rotatable bonds is 6. The summed E-state index contributed by atoms with van der Waals surface area (Å²) in [7, 11) is -4.52. The van der Waals surface area contributed by atoms with E-state index in [1.807, 2.05) is 0 Å². The summed E-state index contributed by atoms with van der Waals surface area (Å²) in [6.45, 7) is 1.25. The summed E-state index contributed by atoms with van der Waals surface area (Å²) in [5.41, 5.74) is 0. The van der Waals surface area contributed by atoms with Crippen LogP contribution in [0.1, 0.15) is 19.8 Å². The van der Waals surface area contributed by atoms with Gasteiger partial charge in [0, 0.05) is 25.1 Å². The predicted molar refractivity (Wildman–Crippen MR) is 61.1 cm³/mol. The van der Waals surface area contributed by atoms with E-state index in [0.29, 0.717) is 0 Å². The highest BCUT2D eigenvalue weighted by atomic mass is 32.2. The van der Waals surface area contributed by atoms with Gasteiger partial charge in [-0.25, -0.2) is 0 Å². The molecule has 2 amide bonds. The lowest BCUT2D eigenvalue weighted by atomic mass is 10.1. The SMILES string of the molecule is CCC(=O)C(CCN1C(=O)C=CC1=O)S(=O)(=O)O. The molecule has 0 aromatic heterocycles. The summed E-state index contributed by atoms with van der Waals surface area (Å²) < 4.78 is 31.0. The Morgan fingerprint density at radius 1 is 1.33 bits per heavy atom. The van der Waals surface area contributed by atoms with Crippen molar-refractivity contribution in [1.29, 1.82) is 0 Å². The average molecular weight is 275 g/mol. The standard InChI is InChI=1S/C10H13NO6S/c1-2-7(12)8(18(15,16)17)5-6-11-9(13)3-4-10(11)14/h3-4,8H,2,5-6H2,1H3,(H,15,16,17). The molecular formula is C10H13NO6S. The van der Waals surface area contributed by atoms with Crippen LogP contribution in [-0.4, -0.2) is 47.3 Å². The van der Waals surface area contributed by atoms with Crippen LogP contribution in [-0.2, 0) is 24.5 Å². The minimum absolute atomic E-state index is 0.0510. The van der Waals surface area contributed by atoms with Crippen molar-refractivity contribution in [2.24, 2.45) is 0 Å². The van der Waals surface area contributed by atoms with Gasteiger partial charge < -0.3 is 0 Å². The van der Waals surface area contributed by atoms with Crippen molar-refractivity contribution in [3.63, 3.8) is 0 Å². The number of carbonyl (C=O) groups excluding carboxylic acids is 3. The smallest absolute Gasteiger partial charge is 0.275 e. The monoisotopic (exact) mass is 275 g/mol. The number of Topliss-reactive ketones (excluding diaryl/α,β-unsaturated/α-hetero) is 1. The van der Waals surface area contributed by atoms with Crippen LogP contribution in [0, 0.1) is 0 Å². The summed E-state index contributed by atoms with van der Waals surface area (Å²) in [6.07, 6.45) is 1.77. The van der Waals surface area contributed by atoms with Gasteiger partial charge in [0.05, 0.1) is 0 Å². The van der Waals surface area contributed by atoms with Crippen molar-refractivity contribution in [2.45, 2.75) is 25.0 Å². The molecule has 1 N–H and O–H groups in total. The van der Waals surface area contributed by atoms with Gasteiger partial charge in [-0.15, -0.1) is 0 Å². The molecule has 100 valence electrons. The van der Waals surface area contributed by atoms with Gasteiger partial charge in [-0.1, -0.05) is 6.92 Å². The minimum Gasteiger partial charge on any atom is -0.298 e. The van der Waals surface area contributed by atoms with E-state index in [4.69, 9.17) is 4.55 Å². The normalized spacial score (nSPS) is 17.3. The van der Waals surface area contributed by atoms with Crippen molar-refractivity contribution in [3.05, 3.63) is 12.2 Å². The third kappa shape index (κ3) is 3.23. The second kappa shape index (κ2) is 5.40. The van der Waals surface area contributed by atoms with Crippen molar-refractivity contribution in [1.82, 2.24) is 4.90 Å². The predicted octanol–water partition coefficient (Wildman–Crippen LogP) is -0.463. The zero-order valence-electron chi connectivity index (χ0n) is 9.70. The topological polar surface area (TPSA) is 109 Å². The third-order valence-corrected chi connectivity index (χ3v) is 3.80. The second-order valence-corrected chi connectivity index (χ2v) is 5.37. The zero-order chi connectivity index (χ0) is 13.9. The molecule has 1 rings (SSSR count). The average Bonchev–Trinajstić information content (AvgIpc) is 2.58. The fraction of sp³-hybridized carbons (Fsp3) is 0.500. The van der Waals surface area contributed by atoms with Crippen LogP contribution in [0.15, 0.2) is 12.2 Å². The zero-order valence-corrected chi connectivity index (χ0v) is 10.5. The minimum atomic E-state index is -4.52. The molecule has 0 radical (unpaired) electrons. The first kappa shape index (κ1) is 14.5. The van der Waals surface area contributed by atoms with Gasteiger partial charge in [0.15, 0.2) is 5.78 Å². The number of imide groups is 1. The van der Waals surface area contributed by atoms with E-state index in [9.17, 15) is 22.8 Å². The third-order valence-electron chi connectivity index (χ3n) is 2.58. The molecule has 7 nitrogen and oxygen atoms in total. The van der Waals surface area contributed by atoms with Gasteiger partial charge in [-0.3, -0.25) is 23.8 Å². The molecule has 8 heteroatoms. The first-order chi connectivity index (χ1) is 8.27. The maximum Gasteiger partial charge on any atom is 0.275 e. The lowest BCUT2D eigenvalue weighted by Crippen LogP contribution is -2.37. The van der Waals surface area contributed by atoms with Gasteiger partial charge in [-0.05, 0) is 6.42 Å². The van der Waals surface area contributed by atoms with E-state index < -0.39 is 33.0 Å². The molecule has 0 spiro atoms. The van der Waals surface area contributed by atoms with Crippen molar-refractivity contribution in [2.75, 3.05) is 6.54 Å². The molecule has 0 aromatic carbocycles. The molecular weight excluding hydrogens is 262 g/mol. The van der Waals surface area contributed by atoms with E-state index >= 15 is 0 Å². The van der Waals surface area contributed by atoms with E-state index in [1.165, 1.54) is 6.92 Å².